The van der Waals surface area contributed by atoms with Crippen LogP contribution in [0.1, 0.15) is 45.8 Å². The molecule has 4 rings (SSSR count). The molecule has 4 nitrogen and oxygen atoms in total. The smallest absolute Gasteiger partial charge is 0.257 e. The highest BCUT2D eigenvalue weighted by molar-refractivity contribution is 6.04. The first-order valence-electron chi connectivity index (χ1n) is 11.2. The first-order chi connectivity index (χ1) is 15.4. The Hall–Kier alpha value is -3.24. The number of likely N-dealkylation sites (N-methyl/N-ethyl adjacent to an activating group) is 1. The van der Waals surface area contributed by atoms with Crippen LogP contribution in [0.3, 0.4) is 0 Å². The van der Waals surface area contributed by atoms with Gasteiger partial charge in [-0.3, -0.25) is 9.69 Å². The Morgan fingerprint density at radius 1 is 0.969 bits per heavy atom. The molecule has 1 atom stereocenters. The van der Waals surface area contributed by atoms with Gasteiger partial charge in [-0.15, -0.1) is 0 Å². The van der Waals surface area contributed by atoms with E-state index >= 15 is 0 Å². The number of amides is 1. The molecule has 0 unspecified atom stereocenters. The van der Waals surface area contributed by atoms with Crippen molar-refractivity contribution in [1.29, 1.82) is 0 Å². The van der Waals surface area contributed by atoms with Crippen molar-refractivity contribution in [2.75, 3.05) is 13.6 Å². The number of benzene rings is 3. The Morgan fingerprint density at radius 2 is 1.69 bits per heavy atom. The van der Waals surface area contributed by atoms with Crippen molar-refractivity contribution >= 4 is 11.6 Å². The molecular weight excluding hydrogens is 394 g/mol. The lowest BCUT2D eigenvalue weighted by Gasteiger charge is -2.25. The van der Waals surface area contributed by atoms with Gasteiger partial charge < -0.3 is 0 Å². The van der Waals surface area contributed by atoms with E-state index in [-0.39, 0.29) is 11.9 Å². The molecule has 0 saturated carbocycles. The zero-order valence-corrected chi connectivity index (χ0v) is 19.4. The molecule has 0 spiro atoms. The molecule has 0 bridgehead atoms. The van der Waals surface area contributed by atoms with E-state index in [2.05, 4.69) is 68.1 Å². The van der Waals surface area contributed by atoms with Crippen LogP contribution in [-0.2, 0) is 11.3 Å². The van der Waals surface area contributed by atoms with Gasteiger partial charge in [-0.2, -0.15) is 5.10 Å². The molecule has 0 aromatic heterocycles. The average molecular weight is 426 g/mol. The van der Waals surface area contributed by atoms with Crippen molar-refractivity contribution in [2.24, 2.45) is 5.10 Å². The minimum atomic E-state index is -0.0799. The molecule has 1 heterocycles. The number of carbonyl (C=O) groups excluding carboxylic acids is 1. The predicted octanol–water partition coefficient (Wildman–Crippen LogP) is 5.42. The summed E-state index contributed by atoms with van der Waals surface area (Å²) in [5, 5.41) is 6.62. The molecule has 1 aliphatic rings. The van der Waals surface area contributed by atoms with Gasteiger partial charge in [-0.05, 0) is 56.1 Å². The third-order valence-electron chi connectivity index (χ3n) is 6.12. The molecule has 3 aromatic carbocycles. The summed E-state index contributed by atoms with van der Waals surface area (Å²) in [5.41, 5.74) is 8.05. The number of carbonyl (C=O) groups is 1. The number of nitrogens with zero attached hydrogens (tertiary/aromatic N) is 3. The largest absolute Gasteiger partial charge is 0.293 e. The highest BCUT2D eigenvalue weighted by Gasteiger charge is 2.34. The lowest BCUT2D eigenvalue weighted by molar-refractivity contribution is -0.134. The normalized spacial score (nSPS) is 15.8. The second-order valence-corrected chi connectivity index (χ2v) is 8.84. The number of rotatable bonds is 6. The number of hydrogen-bond acceptors (Lipinski definition) is 3. The van der Waals surface area contributed by atoms with Crippen molar-refractivity contribution in [3.05, 3.63) is 106 Å². The topological polar surface area (TPSA) is 35.9 Å². The van der Waals surface area contributed by atoms with Crippen LogP contribution in [0.5, 0.6) is 0 Å². The molecule has 0 saturated heterocycles. The molecule has 0 N–H and O–H groups in total. The van der Waals surface area contributed by atoms with E-state index in [0.717, 1.165) is 29.8 Å². The number of hydrazone groups is 1. The van der Waals surface area contributed by atoms with Crippen molar-refractivity contribution in [3.63, 3.8) is 0 Å². The van der Waals surface area contributed by atoms with Crippen LogP contribution in [0.15, 0.2) is 77.9 Å². The average Bonchev–Trinajstić information content (AvgIpc) is 3.21. The summed E-state index contributed by atoms with van der Waals surface area (Å²) in [6, 6.07) is 24.9. The second-order valence-electron chi connectivity index (χ2n) is 8.84. The Labute approximate surface area is 191 Å². The van der Waals surface area contributed by atoms with E-state index in [4.69, 9.17) is 5.10 Å². The van der Waals surface area contributed by atoms with Crippen LogP contribution in [0.25, 0.3) is 0 Å². The molecule has 0 aliphatic carbocycles. The summed E-state index contributed by atoms with van der Waals surface area (Å²) in [6.45, 7) is 7.36. The van der Waals surface area contributed by atoms with Crippen LogP contribution in [0.4, 0.5) is 0 Å². The monoisotopic (exact) mass is 425 g/mol. The fraction of sp³-hybridized carbons (Fsp3) is 0.286. The number of aryl methyl sites for hydroxylation is 3. The zero-order valence-electron chi connectivity index (χ0n) is 19.4. The third kappa shape index (κ3) is 4.81. The van der Waals surface area contributed by atoms with Crippen LogP contribution >= 0.6 is 0 Å². The van der Waals surface area contributed by atoms with Gasteiger partial charge in [-0.1, -0.05) is 72.3 Å². The minimum absolute atomic E-state index is 0.0250. The Morgan fingerprint density at radius 3 is 2.44 bits per heavy atom. The second kappa shape index (κ2) is 9.49. The van der Waals surface area contributed by atoms with E-state index in [0.29, 0.717) is 6.54 Å². The van der Waals surface area contributed by atoms with E-state index in [1.807, 2.05) is 37.4 Å². The first kappa shape index (κ1) is 22.0. The fourth-order valence-corrected chi connectivity index (χ4v) is 4.41. The zero-order chi connectivity index (χ0) is 22.7. The SMILES string of the molecule is Cc1ccc(C)c(C2=NN(C(=O)CN(C)Cc3ccccc3)[C@H](c3ccccc3C)C2)c1. The summed E-state index contributed by atoms with van der Waals surface area (Å²) in [5.74, 6) is 0.0250. The van der Waals surface area contributed by atoms with E-state index < -0.39 is 0 Å². The molecule has 3 aromatic rings. The van der Waals surface area contributed by atoms with Crippen molar-refractivity contribution < 1.29 is 4.79 Å². The molecule has 1 aliphatic heterocycles. The van der Waals surface area contributed by atoms with Gasteiger partial charge in [0.1, 0.15) is 0 Å². The van der Waals surface area contributed by atoms with Crippen LogP contribution in [0.2, 0.25) is 0 Å². The van der Waals surface area contributed by atoms with Gasteiger partial charge in [0.15, 0.2) is 0 Å². The van der Waals surface area contributed by atoms with Gasteiger partial charge in [0.25, 0.3) is 5.91 Å². The lowest BCUT2D eigenvalue weighted by atomic mass is 9.93. The van der Waals surface area contributed by atoms with Crippen LogP contribution in [0, 0.1) is 20.8 Å². The molecule has 164 valence electrons. The Bertz CT molecular complexity index is 1140. The van der Waals surface area contributed by atoms with Crippen molar-refractivity contribution in [2.45, 2.75) is 39.8 Å². The summed E-state index contributed by atoms with van der Waals surface area (Å²) in [4.78, 5) is 15.5. The van der Waals surface area contributed by atoms with Gasteiger partial charge in [0, 0.05) is 18.5 Å². The first-order valence-corrected chi connectivity index (χ1v) is 11.2. The summed E-state index contributed by atoms with van der Waals surface area (Å²) < 4.78 is 0. The standard InChI is InChI=1S/C28H31N3O/c1-20-14-15-22(3)25(16-20)26-17-27(24-13-9-8-10-21(24)2)31(29-26)28(32)19-30(4)18-23-11-6-5-7-12-23/h5-16,27H,17-19H2,1-4H3/t27-/m0/s1. The van der Waals surface area contributed by atoms with Gasteiger partial charge in [0.2, 0.25) is 0 Å². The molecule has 4 heteroatoms. The maximum absolute atomic E-state index is 13.4. The van der Waals surface area contributed by atoms with Crippen LogP contribution in [-0.4, -0.2) is 35.1 Å². The molecular formula is C28H31N3O. The molecule has 0 fully saturated rings. The predicted molar refractivity (Wildman–Crippen MR) is 131 cm³/mol. The van der Waals surface area contributed by atoms with E-state index in [1.54, 1.807) is 5.01 Å². The minimum Gasteiger partial charge on any atom is -0.293 e. The van der Waals surface area contributed by atoms with Crippen LogP contribution < -0.4 is 0 Å². The lowest BCUT2D eigenvalue weighted by Crippen LogP contribution is -2.36. The van der Waals surface area contributed by atoms with Crippen molar-refractivity contribution in [3.8, 4) is 0 Å². The maximum atomic E-state index is 13.4. The Balaban J connectivity index is 1.61. The highest BCUT2D eigenvalue weighted by atomic mass is 16.2. The summed E-state index contributed by atoms with van der Waals surface area (Å²) >= 11 is 0. The molecule has 0 radical (unpaired) electrons. The molecule has 1 amide bonds. The summed E-state index contributed by atoms with van der Waals surface area (Å²) in [6.07, 6.45) is 0.725. The fourth-order valence-electron chi connectivity index (χ4n) is 4.41. The van der Waals surface area contributed by atoms with E-state index in [9.17, 15) is 4.79 Å². The van der Waals surface area contributed by atoms with Gasteiger partial charge in [0.05, 0.1) is 18.3 Å². The Kier molecular flexibility index (Phi) is 6.52. The van der Waals surface area contributed by atoms with Gasteiger partial charge in [-0.25, -0.2) is 5.01 Å². The van der Waals surface area contributed by atoms with Crippen molar-refractivity contribution in [1.82, 2.24) is 9.91 Å². The third-order valence-corrected chi connectivity index (χ3v) is 6.12. The van der Waals surface area contributed by atoms with Gasteiger partial charge >= 0.3 is 0 Å². The summed E-state index contributed by atoms with van der Waals surface area (Å²) in [7, 11) is 1.99. The molecule has 32 heavy (non-hydrogen) atoms. The quantitative estimate of drug-likeness (QED) is 0.529. The van der Waals surface area contributed by atoms with E-state index in [1.165, 1.54) is 22.3 Å². The maximum Gasteiger partial charge on any atom is 0.257 e. The highest BCUT2D eigenvalue weighted by Crippen LogP contribution is 2.35. The number of hydrogen-bond donors (Lipinski definition) is 0.